The number of phenols is 2. The normalized spacial score (nSPS) is 20.4. The Morgan fingerprint density at radius 3 is 2.23 bits per heavy atom. The van der Waals surface area contributed by atoms with Gasteiger partial charge in [0.05, 0.1) is 16.5 Å². The second-order valence-electron chi connectivity index (χ2n) is 6.55. The van der Waals surface area contributed by atoms with Gasteiger partial charge in [0.25, 0.3) is 0 Å². The van der Waals surface area contributed by atoms with Crippen LogP contribution in [0.25, 0.3) is 0 Å². The van der Waals surface area contributed by atoms with Crippen molar-refractivity contribution in [3.63, 3.8) is 0 Å². The van der Waals surface area contributed by atoms with E-state index in [1.54, 1.807) is 12.1 Å². The molecular formula is C19H20N2O4S. The summed E-state index contributed by atoms with van der Waals surface area (Å²) in [6.07, 6.45) is 2.83. The highest BCUT2D eigenvalue weighted by atomic mass is 32.2. The summed E-state index contributed by atoms with van der Waals surface area (Å²) in [4.78, 5) is 0.148. The molecule has 6 nitrogen and oxygen atoms in total. The molecule has 0 amide bonds. The smallest absolute Gasteiger partial charge is 0.240 e. The maximum absolute atomic E-state index is 12.5. The van der Waals surface area contributed by atoms with Crippen molar-refractivity contribution in [3.05, 3.63) is 53.6 Å². The van der Waals surface area contributed by atoms with Gasteiger partial charge in [-0.25, -0.2) is 13.1 Å². The lowest BCUT2D eigenvalue weighted by molar-refractivity contribution is 0.362. The Kier molecular flexibility index (Phi) is 5.16. The molecule has 136 valence electrons. The van der Waals surface area contributed by atoms with Gasteiger partial charge in [-0.05, 0) is 67.5 Å². The molecule has 1 aliphatic carbocycles. The Balaban J connectivity index is 1.63. The number of phenolic OH excluding ortho intramolecular Hbond substituents is 2. The van der Waals surface area contributed by atoms with E-state index in [4.69, 9.17) is 5.26 Å². The summed E-state index contributed by atoms with van der Waals surface area (Å²) in [5.41, 5.74) is 1.20. The van der Waals surface area contributed by atoms with E-state index < -0.39 is 10.0 Å². The summed E-state index contributed by atoms with van der Waals surface area (Å²) in [5.74, 6) is 0.244. The van der Waals surface area contributed by atoms with Gasteiger partial charge in [0.1, 0.15) is 11.5 Å². The summed E-state index contributed by atoms with van der Waals surface area (Å²) in [6, 6.07) is 12.2. The van der Waals surface area contributed by atoms with Gasteiger partial charge in [0.15, 0.2) is 0 Å². The highest BCUT2D eigenvalue weighted by molar-refractivity contribution is 7.89. The van der Waals surface area contributed by atoms with Gasteiger partial charge in [-0.1, -0.05) is 6.07 Å². The van der Waals surface area contributed by atoms with Crippen LogP contribution in [0.4, 0.5) is 0 Å². The molecule has 0 aromatic heterocycles. The summed E-state index contributed by atoms with van der Waals surface area (Å²) in [6.45, 7) is 0. The number of rotatable bonds is 4. The van der Waals surface area contributed by atoms with Crippen LogP contribution in [0.5, 0.6) is 11.5 Å². The molecule has 0 aliphatic heterocycles. The van der Waals surface area contributed by atoms with Crippen LogP contribution in [0.3, 0.4) is 0 Å². The van der Waals surface area contributed by atoms with Gasteiger partial charge in [-0.3, -0.25) is 0 Å². The third-order valence-electron chi connectivity index (χ3n) is 4.80. The molecule has 0 spiro atoms. The number of sulfonamides is 1. The molecule has 26 heavy (non-hydrogen) atoms. The summed E-state index contributed by atoms with van der Waals surface area (Å²) in [7, 11) is -3.62. The maximum Gasteiger partial charge on any atom is 0.240 e. The van der Waals surface area contributed by atoms with E-state index in [0.29, 0.717) is 18.4 Å². The van der Waals surface area contributed by atoms with E-state index in [2.05, 4.69) is 4.72 Å². The fourth-order valence-corrected chi connectivity index (χ4v) is 4.70. The number of nitrogens with zero attached hydrogens (tertiary/aromatic N) is 1. The van der Waals surface area contributed by atoms with Gasteiger partial charge >= 0.3 is 0 Å². The van der Waals surface area contributed by atoms with Crippen LogP contribution >= 0.6 is 0 Å². The predicted molar refractivity (Wildman–Crippen MR) is 96.2 cm³/mol. The lowest BCUT2D eigenvalue weighted by Crippen LogP contribution is -2.37. The van der Waals surface area contributed by atoms with Gasteiger partial charge in [0, 0.05) is 12.1 Å². The van der Waals surface area contributed by atoms with Crippen LogP contribution in [-0.2, 0) is 10.0 Å². The Hall–Kier alpha value is -2.56. The monoisotopic (exact) mass is 372 g/mol. The first-order valence-electron chi connectivity index (χ1n) is 8.43. The minimum absolute atomic E-state index is 0.0233. The Morgan fingerprint density at radius 2 is 1.65 bits per heavy atom. The van der Waals surface area contributed by atoms with E-state index in [-0.39, 0.29) is 28.4 Å². The zero-order valence-corrected chi connectivity index (χ0v) is 14.9. The Bertz CT molecular complexity index is 925. The fourth-order valence-electron chi connectivity index (χ4n) is 3.40. The molecule has 3 rings (SSSR count). The molecule has 0 atom stereocenters. The summed E-state index contributed by atoms with van der Waals surface area (Å²) < 4.78 is 27.7. The van der Waals surface area contributed by atoms with E-state index in [9.17, 15) is 18.6 Å². The highest BCUT2D eigenvalue weighted by Crippen LogP contribution is 2.38. The summed E-state index contributed by atoms with van der Waals surface area (Å²) >= 11 is 0. The third-order valence-corrected chi connectivity index (χ3v) is 6.33. The van der Waals surface area contributed by atoms with Crippen molar-refractivity contribution in [1.82, 2.24) is 4.72 Å². The average molecular weight is 372 g/mol. The minimum atomic E-state index is -3.62. The molecular weight excluding hydrogens is 352 g/mol. The molecule has 7 heteroatoms. The number of aromatic hydroxyl groups is 2. The summed E-state index contributed by atoms with van der Waals surface area (Å²) in [5, 5.41) is 28.2. The molecule has 1 fully saturated rings. The lowest BCUT2D eigenvalue weighted by Gasteiger charge is -2.29. The molecule has 0 unspecified atom stereocenters. The van der Waals surface area contributed by atoms with Crippen LogP contribution in [0.1, 0.15) is 42.7 Å². The van der Waals surface area contributed by atoms with Crippen LogP contribution in [0.15, 0.2) is 47.4 Å². The molecule has 0 heterocycles. The molecule has 0 radical (unpaired) electrons. The van der Waals surface area contributed by atoms with Gasteiger partial charge in [0.2, 0.25) is 10.0 Å². The molecule has 2 aromatic carbocycles. The molecule has 0 saturated heterocycles. The van der Waals surface area contributed by atoms with Crippen molar-refractivity contribution in [2.24, 2.45) is 0 Å². The minimum Gasteiger partial charge on any atom is -0.508 e. The topological polar surface area (TPSA) is 110 Å². The molecule has 0 bridgehead atoms. The van der Waals surface area contributed by atoms with E-state index in [0.717, 1.165) is 18.4 Å². The fraction of sp³-hybridized carbons (Fsp3) is 0.316. The first-order valence-corrected chi connectivity index (χ1v) is 9.92. The van der Waals surface area contributed by atoms with E-state index in [1.807, 2.05) is 6.07 Å². The maximum atomic E-state index is 12.5. The predicted octanol–water partition coefficient (Wildman–Crippen LogP) is 2.97. The van der Waals surface area contributed by atoms with E-state index >= 15 is 0 Å². The lowest BCUT2D eigenvalue weighted by atomic mass is 9.81. The second-order valence-corrected chi connectivity index (χ2v) is 8.26. The SMILES string of the molecule is N#Cc1ccc(S(=O)(=O)N[C@H]2CC[C@H](c3ccc(O)cc3O)CC2)cc1. The molecule has 1 aliphatic rings. The van der Waals surface area contributed by atoms with Crippen LogP contribution in [0.2, 0.25) is 0 Å². The van der Waals surface area contributed by atoms with Crippen molar-refractivity contribution in [1.29, 1.82) is 5.26 Å². The first kappa shape index (κ1) is 18.2. The van der Waals surface area contributed by atoms with Crippen molar-refractivity contribution in [2.45, 2.75) is 42.5 Å². The number of nitrogens with one attached hydrogen (secondary N) is 1. The van der Waals surface area contributed by atoms with E-state index in [1.165, 1.54) is 30.3 Å². The van der Waals surface area contributed by atoms with Gasteiger partial charge < -0.3 is 10.2 Å². The van der Waals surface area contributed by atoms with Crippen molar-refractivity contribution >= 4 is 10.0 Å². The number of hydrogen-bond donors (Lipinski definition) is 3. The largest absolute Gasteiger partial charge is 0.508 e. The van der Waals surface area contributed by atoms with Crippen LogP contribution < -0.4 is 4.72 Å². The molecule has 3 N–H and O–H groups in total. The highest BCUT2D eigenvalue weighted by Gasteiger charge is 2.27. The quantitative estimate of drug-likeness (QED) is 0.764. The number of nitriles is 1. The van der Waals surface area contributed by atoms with Crippen molar-refractivity contribution < 1.29 is 18.6 Å². The number of hydrogen-bond acceptors (Lipinski definition) is 5. The standard InChI is InChI=1S/C19H20N2O4S/c20-12-13-1-8-17(9-2-13)26(24,25)21-15-5-3-14(4-6-15)18-10-7-16(22)11-19(18)23/h1-2,7-11,14-15,21-23H,3-6H2/t14-,15-. The zero-order valence-electron chi connectivity index (χ0n) is 14.1. The van der Waals surface area contributed by atoms with Crippen LogP contribution in [-0.4, -0.2) is 24.7 Å². The Morgan fingerprint density at radius 1 is 1.00 bits per heavy atom. The molecule has 2 aromatic rings. The van der Waals surface area contributed by atoms with Crippen LogP contribution in [0, 0.1) is 11.3 Å². The second kappa shape index (κ2) is 7.36. The van der Waals surface area contributed by atoms with Crippen molar-refractivity contribution in [3.8, 4) is 17.6 Å². The first-order chi connectivity index (χ1) is 12.4. The zero-order chi connectivity index (χ0) is 18.7. The van der Waals surface area contributed by atoms with Gasteiger partial charge in [-0.2, -0.15) is 5.26 Å². The van der Waals surface area contributed by atoms with Gasteiger partial charge in [-0.15, -0.1) is 0 Å². The van der Waals surface area contributed by atoms with Crippen molar-refractivity contribution in [2.75, 3.05) is 0 Å². The third kappa shape index (κ3) is 3.98. The number of benzene rings is 2. The molecule has 1 saturated carbocycles. The Labute approximate surface area is 152 Å². The average Bonchev–Trinajstić information content (AvgIpc) is 2.62.